The third-order valence-corrected chi connectivity index (χ3v) is 5.38. The number of alkyl halides is 3. The van der Waals surface area contributed by atoms with Crippen molar-refractivity contribution in [2.45, 2.75) is 32.9 Å². The topological polar surface area (TPSA) is 87.5 Å². The summed E-state index contributed by atoms with van der Waals surface area (Å²) in [5.74, 6) is -0.596. The van der Waals surface area contributed by atoms with Gasteiger partial charge in [-0.05, 0) is 56.0 Å². The smallest absolute Gasteiger partial charge is 0.374 e. The van der Waals surface area contributed by atoms with Crippen LogP contribution in [0.5, 0.6) is 0 Å². The molecule has 0 unspecified atom stereocenters. The van der Waals surface area contributed by atoms with Gasteiger partial charge in [-0.15, -0.1) is 0 Å². The van der Waals surface area contributed by atoms with Crippen molar-refractivity contribution in [2.75, 3.05) is 35.2 Å². The van der Waals surface area contributed by atoms with Crippen LogP contribution < -0.4 is 15.5 Å². The van der Waals surface area contributed by atoms with Gasteiger partial charge in [0.05, 0.1) is 28.4 Å². The van der Waals surface area contributed by atoms with Crippen LogP contribution in [0.15, 0.2) is 30.3 Å². The van der Waals surface area contributed by atoms with E-state index < -0.39 is 22.6 Å². The molecule has 1 aliphatic rings. The molecule has 1 amide bonds. The van der Waals surface area contributed by atoms with Crippen LogP contribution in [0.25, 0.3) is 0 Å². The highest BCUT2D eigenvalue weighted by Crippen LogP contribution is 2.36. The zero-order valence-corrected chi connectivity index (χ0v) is 17.2. The van der Waals surface area contributed by atoms with Gasteiger partial charge in [-0.25, -0.2) is 0 Å². The summed E-state index contributed by atoms with van der Waals surface area (Å²) < 4.78 is 39.5. The van der Waals surface area contributed by atoms with Crippen molar-refractivity contribution >= 4 is 28.7 Å². The maximum Gasteiger partial charge on any atom is 0.416 e. The molecule has 2 N–H and O–H groups in total. The molecule has 0 saturated carbocycles. The van der Waals surface area contributed by atoms with E-state index in [1.54, 1.807) is 19.9 Å². The van der Waals surface area contributed by atoms with Crippen molar-refractivity contribution in [1.82, 2.24) is 0 Å². The number of anilines is 3. The average Bonchev–Trinajstić information content (AvgIpc) is 3.23. The molecule has 1 fully saturated rings. The van der Waals surface area contributed by atoms with Gasteiger partial charge >= 0.3 is 6.18 Å². The van der Waals surface area contributed by atoms with E-state index in [1.165, 1.54) is 12.1 Å². The Kier molecular flexibility index (Phi) is 6.37. The molecular formula is C21H23F3N4O3. The van der Waals surface area contributed by atoms with E-state index in [-0.39, 0.29) is 23.6 Å². The second kappa shape index (κ2) is 8.83. The Balaban J connectivity index is 1.81. The monoisotopic (exact) mass is 436 g/mol. The number of aryl methyl sites for hydroxylation is 1. The molecule has 1 heterocycles. The van der Waals surface area contributed by atoms with E-state index in [4.69, 9.17) is 0 Å². The third-order valence-electron chi connectivity index (χ3n) is 5.38. The second-order valence-corrected chi connectivity index (χ2v) is 7.48. The Morgan fingerprint density at radius 2 is 1.84 bits per heavy atom. The fourth-order valence-electron chi connectivity index (χ4n) is 3.56. The summed E-state index contributed by atoms with van der Waals surface area (Å²) in [5.41, 5.74) is 1.14. The SMILES string of the molecule is Cc1ccc([N+](=O)[O-])c(NC(=O)CNc2cc(C(F)(F)F)ccc2N2CCCC2)c1C. The minimum atomic E-state index is -4.51. The minimum absolute atomic E-state index is 0.0839. The molecule has 2 aromatic carbocycles. The van der Waals surface area contributed by atoms with E-state index in [2.05, 4.69) is 10.6 Å². The van der Waals surface area contributed by atoms with E-state index >= 15 is 0 Å². The van der Waals surface area contributed by atoms with Crippen molar-refractivity contribution in [3.63, 3.8) is 0 Å². The number of halogens is 3. The first kappa shape index (κ1) is 22.4. The number of nitro benzene ring substituents is 1. The molecule has 0 radical (unpaired) electrons. The fourth-order valence-corrected chi connectivity index (χ4v) is 3.56. The number of carbonyl (C=O) groups is 1. The van der Waals surface area contributed by atoms with Crippen LogP contribution in [-0.4, -0.2) is 30.5 Å². The summed E-state index contributed by atoms with van der Waals surface area (Å²) in [7, 11) is 0. The van der Waals surface area contributed by atoms with Gasteiger partial charge in [0.15, 0.2) is 0 Å². The molecule has 10 heteroatoms. The molecule has 166 valence electrons. The van der Waals surface area contributed by atoms with Gasteiger partial charge in [-0.1, -0.05) is 6.07 Å². The molecule has 1 saturated heterocycles. The molecule has 0 aliphatic carbocycles. The van der Waals surface area contributed by atoms with Gasteiger partial charge in [0.25, 0.3) is 5.69 Å². The Labute approximate surface area is 177 Å². The quantitative estimate of drug-likeness (QED) is 0.498. The first-order valence-corrected chi connectivity index (χ1v) is 9.82. The largest absolute Gasteiger partial charge is 0.416 e. The van der Waals surface area contributed by atoms with Crippen LogP contribution in [-0.2, 0) is 11.0 Å². The van der Waals surface area contributed by atoms with Gasteiger partial charge < -0.3 is 15.5 Å². The van der Waals surface area contributed by atoms with Gasteiger partial charge in [0, 0.05) is 19.2 Å². The lowest BCUT2D eigenvalue weighted by molar-refractivity contribution is -0.384. The molecule has 0 aromatic heterocycles. The van der Waals surface area contributed by atoms with Crippen molar-refractivity contribution in [2.24, 2.45) is 0 Å². The predicted molar refractivity (Wildman–Crippen MR) is 113 cm³/mol. The van der Waals surface area contributed by atoms with Crippen LogP contribution in [0.2, 0.25) is 0 Å². The summed E-state index contributed by atoms with van der Waals surface area (Å²) in [5, 5.41) is 16.6. The molecule has 0 atom stereocenters. The number of nitro groups is 1. The molecule has 0 spiro atoms. The van der Waals surface area contributed by atoms with Gasteiger partial charge in [0.1, 0.15) is 5.69 Å². The zero-order chi connectivity index (χ0) is 22.8. The van der Waals surface area contributed by atoms with Gasteiger partial charge in [-0.3, -0.25) is 14.9 Å². The second-order valence-electron chi connectivity index (χ2n) is 7.48. The van der Waals surface area contributed by atoms with Gasteiger partial charge in [-0.2, -0.15) is 13.2 Å². The molecule has 2 aromatic rings. The number of carbonyl (C=O) groups excluding carboxylic acids is 1. The Hall–Kier alpha value is -3.30. The number of nitrogens with zero attached hydrogens (tertiary/aromatic N) is 2. The van der Waals surface area contributed by atoms with Crippen LogP contribution >= 0.6 is 0 Å². The maximum atomic E-state index is 13.2. The normalized spacial score (nSPS) is 13.9. The Morgan fingerprint density at radius 1 is 1.16 bits per heavy atom. The van der Waals surface area contributed by atoms with Crippen LogP contribution in [0.3, 0.4) is 0 Å². The van der Waals surface area contributed by atoms with E-state index in [1.807, 2.05) is 4.90 Å². The van der Waals surface area contributed by atoms with Crippen LogP contribution in [0, 0.1) is 24.0 Å². The first-order valence-electron chi connectivity index (χ1n) is 9.82. The van der Waals surface area contributed by atoms with E-state index in [0.29, 0.717) is 11.3 Å². The fraction of sp³-hybridized carbons (Fsp3) is 0.381. The Bertz CT molecular complexity index is 1000. The van der Waals surface area contributed by atoms with Crippen molar-refractivity contribution in [3.8, 4) is 0 Å². The Morgan fingerprint density at radius 3 is 2.45 bits per heavy atom. The van der Waals surface area contributed by atoms with Crippen LogP contribution in [0.4, 0.5) is 35.9 Å². The minimum Gasteiger partial charge on any atom is -0.374 e. The highest BCUT2D eigenvalue weighted by Gasteiger charge is 2.32. The average molecular weight is 436 g/mol. The van der Waals surface area contributed by atoms with Crippen molar-refractivity contribution in [1.29, 1.82) is 0 Å². The lowest BCUT2D eigenvalue weighted by Crippen LogP contribution is -2.25. The standard InChI is InChI=1S/C21H23F3N4O3/c1-13-5-7-18(28(30)31)20(14(13)2)26-19(29)12-25-16-11-15(21(22,23)24)6-8-17(16)27-9-3-4-10-27/h5-8,11,25H,3-4,9-10,12H2,1-2H3,(H,26,29). The lowest BCUT2D eigenvalue weighted by Gasteiger charge is -2.23. The maximum absolute atomic E-state index is 13.2. The molecule has 0 bridgehead atoms. The van der Waals surface area contributed by atoms with Crippen LogP contribution in [0.1, 0.15) is 29.5 Å². The molecular weight excluding hydrogens is 413 g/mol. The number of amides is 1. The highest BCUT2D eigenvalue weighted by atomic mass is 19.4. The third kappa shape index (κ3) is 5.07. The number of hydrogen-bond acceptors (Lipinski definition) is 5. The van der Waals surface area contributed by atoms with Gasteiger partial charge in [0.2, 0.25) is 5.91 Å². The van der Waals surface area contributed by atoms with E-state index in [9.17, 15) is 28.1 Å². The number of rotatable bonds is 6. The number of nitrogens with one attached hydrogen (secondary N) is 2. The first-order chi connectivity index (χ1) is 14.6. The highest BCUT2D eigenvalue weighted by molar-refractivity contribution is 5.97. The summed E-state index contributed by atoms with van der Waals surface area (Å²) in [6.07, 6.45) is -2.63. The van der Waals surface area contributed by atoms with E-state index in [0.717, 1.165) is 43.6 Å². The summed E-state index contributed by atoms with van der Waals surface area (Å²) in [6, 6.07) is 6.32. The molecule has 7 nitrogen and oxygen atoms in total. The van der Waals surface area contributed by atoms with Crippen molar-refractivity contribution < 1.29 is 22.9 Å². The molecule has 31 heavy (non-hydrogen) atoms. The summed E-state index contributed by atoms with van der Waals surface area (Å²) >= 11 is 0. The predicted octanol–water partition coefficient (Wildman–Crippen LogP) is 4.88. The zero-order valence-electron chi connectivity index (χ0n) is 17.2. The summed E-state index contributed by atoms with van der Waals surface area (Å²) in [4.78, 5) is 25.2. The molecule has 1 aliphatic heterocycles. The summed E-state index contributed by atoms with van der Waals surface area (Å²) in [6.45, 7) is 4.52. The van der Waals surface area contributed by atoms with Crippen molar-refractivity contribution in [3.05, 3.63) is 57.1 Å². The number of hydrogen-bond donors (Lipinski definition) is 2. The number of benzene rings is 2. The molecule has 3 rings (SSSR count). The lowest BCUT2D eigenvalue weighted by atomic mass is 10.1.